The maximum Gasteiger partial charge on any atom is 0.413 e. The van der Waals surface area contributed by atoms with E-state index in [9.17, 15) is 28.1 Å². The van der Waals surface area contributed by atoms with Gasteiger partial charge in [-0.05, 0) is 44.4 Å². The van der Waals surface area contributed by atoms with Crippen LogP contribution >= 0.6 is 0 Å². The zero-order valence-corrected chi connectivity index (χ0v) is 23.9. The van der Waals surface area contributed by atoms with Crippen LogP contribution < -0.4 is 10.6 Å². The van der Waals surface area contributed by atoms with Gasteiger partial charge in [-0.3, -0.25) is 4.98 Å². The molecule has 4 rings (SSSR count). The van der Waals surface area contributed by atoms with Crippen molar-refractivity contribution in [1.82, 2.24) is 25.0 Å². The van der Waals surface area contributed by atoms with Crippen LogP contribution in [0.25, 0.3) is 10.9 Å². The van der Waals surface area contributed by atoms with E-state index in [0.29, 0.717) is 34.4 Å². The van der Waals surface area contributed by atoms with E-state index in [1.807, 2.05) is 20.8 Å². The molecule has 1 unspecified atom stereocenters. The van der Waals surface area contributed by atoms with Crippen molar-refractivity contribution in [2.75, 3.05) is 17.2 Å². The van der Waals surface area contributed by atoms with Crippen molar-refractivity contribution in [1.29, 1.82) is 10.5 Å². The number of nitrogens with one attached hydrogen (secondary N) is 2. The predicted octanol–water partition coefficient (Wildman–Crippen LogP) is 6.37. The Morgan fingerprint density at radius 1 is 1.02 bits per heavy atom. The highest BCUT2D eigenvalue weighted by molar-refractivity contribution is 5.99. The fourth-order valence-electron chi connectivity index (χ4n) is 4.24. The van der Waals surface area contributed by atoms with E-state index in [-0.39, 0.29) is 27.9 Å². The Morgan fingerprint density at radius 2 is 1.71 bits per heavy atom. The number of pyridine rings is 2. The molecule has 0 fully saturated rings. The molecule has 0 amide bonds. The minimum atomic E-state index is -4.61. The molecule has 2 N–H and O–H groups in total. The zero-order valence-electron chi connectivity index (χ0n) is 23.9. The van der Waals surface area contributed by atoms with Crippen molar-refractivity contribution in [3.05, 3.63) is 70.7 Å². The molecule has 0 aliphatic heterocycles. The number of aromatic nitrogens is 5. The molecular weight excluding hydrogens is 550 g/mol. The van der Waals surface area contributed by atoms with E-state index >= 15 is 0 Å². The van der Waals surface area contributed by atoms with Crippen LogP contribution in [0, 0.1) is 40.9 Å². The number of nitriles is 2. The summed E-state index contributed by atoms with van der Waals surface area (Å²) in [5, 5.41) is 34.6. The largest absolute Gasteiger partial charge is 0.413 e. The zero-order chi connectivity index (χ0) is 31.0. The number of aryl methyl sites for hydroxylation is 1. The summed E-state index contributed by atoms with van der Waals surface area (Å²) < 4.78 is 55.9. The second-order valence-corrected chi connectivity index (χ2v) is 11.6. The number of hydrogen-bond donors (Lipinski definition) is 2. The smallest absolute Gasteiger partial charge is 0.383 e. The van der Waals surface area contributed by atoms with E-state index in [4.69, 9.17) is 0 Å². The summed E-state index contributed by atoms with van der Waals surface area (Å²) in [6.07, 6.45) is -2.04. The van der Waals surface area contributed by atoms with Gasteiger partial charge in [0.05, 0.1) is 34.6 Å². The lowest BCUT2D eigenvalue weighted by atomic mass is 9.96. The second kappa shape index (κ2) is 10.9. The van der Waals surface area contributed by atoms with Gasteiger partial charge in [-0.2, -0.15) is 28.1 Å². The van der Waals surface area contributed by atoms with Crippen LogP contribution in [0.3, 0.4) is 0 Å². The number of fused-ring (bicyclic) bond motifs is 1. The fourth-order valence-corrected chi connectivity index (χ4v) is 4.24. The maximum absolute atomic E-state index is 13.9. The second-order valence-electron chi connectivity index (χ2n) is 11.6. The van der Waals surface area contributed by atoms with Crippen LogP contribution in [0.4, 0.5) is 28.9 Å². The van der Waals surface area contributed by atoms with Gasteiger partial charge in [0.25, 0.3) is 0 Å². The van der Waals surface area contributed by atoms with Crippen LogP contribution in [0.5, 0.6) is 0 Å². The molecule has 4 aromatic rings. The summed E-state index contributed by atoms with van der Waals surface area (Å²) in [7, 11) is 0. The van der Waals surface area contributed by atoms with Crippen LogP contribution in [-0.2, 0) is 5.54 Å². The molecule has 0 radical (unpaired) electrons. The van der Waals surface area contributed by atoms with Gasteiger partial charge in [-0.15, -0.1) is 5.10 Å². The van der Waals surface area contributed by atoms with Crippen LogP contribution in [-0.4, -0.2) is 37.7 Å². The van der Waals surface area contributed by atoms with E-state index in [1.54, 1.807) is 13.0 Å². The Balaban J connectivity index is 1.89. The third-order valence-electron chi connectivity index (χ3n) is 6.80. The Labute approximate surface area is 240 Å². The molecular formula is C29H29F4N9. The van der Waals surface area contributed by atoms with Gasteiger partial charge >= 0.3 is 6.18 Å². The normalized spacial score (nSPS) is 13.0. The lowest BCUT2D eigenvalue weighted by Crippen LogP contribution is -2.42. The molecule has 1 aromatic carbocycles. The Morgan fingerprint density at radius 3 is 2.31 bits per heavy atom. The third-order valence-corrected chi connectivity index (χ3v) is 6.80. The molecule has 3 aromatic heterocycles. The van der Waals surface area contributed by atoms with Gasteiger partial charge in [0.2, 0.25) is 5.95 Å². The molecule has 0 saturated heterocycles. The highest BCUT2D eigenvalue weighted by Crippen LogP contribution is 2.38. The van der Waals surface area contributed by atoms with Gasteiger partial charge in [0.15, 0.2) is 5.54 Å². The molecule has 0 bridgehead atoms. The first kappa shape index (κ1) is 30.2. The average Bonchev–Trinajstić information content (AvgIpc) is 3.40. The van der Waals surface area contributed by atoms with E-state index < -0.39 is 23.7 Å². The monoisotopic (exact) mass is 579 g/mol. The van der Waals surface area contributed by atoms with Crippen molar-refractivity contribution >= 4 is 22.3 Å². The summed E-state index contributed by atoms with van der Waals surface area (Å²) in [4.78, 5) is 8.22. The Kier molecular flexibility index (Phi) is 7.83. The van der Waals surface area contributed by atoms with Gasteiger partial charge < -0.3 is 10.6 Å². The number of nitrogens with zero attached hydrogens (tertiary/aromatic N) is 7. The SMILES string of the molecule is Cc1nc(F)ccc1C(Nc1cc(C#N)c2ncc(C#N)c(NCC(C)(C)C)c2c1)c1cn(C(C)(C)C(F)(F)F)nn1. The molecule has 0 aliphatic carbocycles. The van der Waals surface area contributed by atoms with Crippen molar-refractivity contribution in [3.63, 3.8) is 0 Å². The molecule has 9 nitrogen and oxygen atoms in total. The number of anilines is 2. The molecule has 0 aliphatic rings. The highest BCUT2D eigenvalue weighted by atomic mass is 19.4. The van der Waals surface area contributed by atoms with Crippen molar-refractivity contribution in [3.8, 4) is 12.1 Å². The van der Waals surface area contributed by atoms with Crippen LogP contribution in [0.15, 0.2) is 36.7 Å². The van der Waals surface area contributed by atoms with Gasteiger partial charge in [0, 0.05) is 35.1 Å². The van der Waals surface area contributed by atoms with Crippen LogP contribution in [0.1, 0.15) is 68.7 Å². The summed E-state index contributed by atoms with van der Waals surface area (Å²) in [6.45, 7) is 10.1. The third kappa shape index (κ3) is 5.96. The first-order chi connectivity index (χ1) is 19.6. The van der Waals surface area contributed by atoms with Gasteiger partial charge in [-0.25, -0.2) is 9.67 Å². The number of halogens is 4. The molecule has 0 spiro atoms. The van der Waals surface area contributed by atoms with Gasteiger partial charge in [0.1, 0.15) is 17.8 Å². The minimum absolute atomic E-state index is 0.109. The Bertz CT molecular complexity index is 1720. The number of benzene rings is 1. The minimum Gasteiger partial charge on any atom is -0.383 e. The van der Waals surface area contributed by atoms with E-state index in [1.165, 1.54) is 24.5 Å². The van der Waals surface area contributed by atoms with Crippen molar-refractivity contribution < 1.29 is 17.6 Å². The highest BCUT2D eigenvalue weighted by Gasteiger charge is 2.50. The summed E-state index contributed by atoms with van der Waals surface area (Å²) in [5.74, 6) is -0.723. The lowest BCUT2D eigenvalue weighted by molar-refractivity contribution is -0.206. The number of rotatable bonds is 7. The molecule has 13 heteroatoms. The molecule has 218 valence electrons. The number of hydrogen-bond acceptors (Lipinski definition) is 8. The van der Waals surface area contributed by atoms with Crippen LogP contribution in [0.2, 0.25) is 0 Å². The molecule has 3 heterocycles. The maximum atomic E-state index is 13.9. The van der Waals surface area contributed by atoms with Crippen molar-refractivity contribution in [2.45, 2.75) is 59.3 Å². The summed E-state index contributed by atoms with van der Waals surface area (Å²) >= 11 is 0. The predicted molar refractivity (Wildman–Crippen MR) is 149 cm³/mol. The van der Waals surface area contributed by atoms with E-state index in [0.717, 1.165) is 24.6 Å². The van der Waals surface area contributed by atoms with Crippen molar-refractivity contribution in [2.24, 2.45) is 5.41 Å². The van der Waals surface area contributed by atoms with Gasteiger partial charge in [-0.1, -0.05) is 32.1 Å². The topological polar surface area (TPSA) is 128 Å². The molecule has 0 saturated carbocycles. The molecule has 1 atom stereocenters. The average molecular weight is 580 g/mol. The quantitative estimate of drug-likeness (QED) is 0.191. The summed E-state index contributed by atoms with van der Waals surface area (Å²) in [5.41, 5.74) is 0.0480. The lowest BCUT2D eigenvalue weighted by Gasteiger charge is -2.27. The summed E-state index contributed by atoms with van der Waals surface area (Å²) in [6, 6.07) is 9.16. The van der Waals surface area contributed by atoms with E-state index in [2.05, 4.69) is 43.1 Å². The fraction of sp³-hybridized carbons (Fsp3) is 0.379. The Hall–Kier alpha value is -4.78. The first-order valence-corrected chi connectivity index (χ1v) is 13.0. The number of alkyl halides is 3. The standard InChI is InChI=1S/C29H29F4N9/c1-16-20(7-8-23(30)38-16)26(22-14-42(41-40-22)28(5,6)29(31,32)33)39-19-9-17(11-34)24-21(10-19)25(18(12-35)13-36-24)37-15-27(2,3)4/h7-10,13-14,26,39H,15H2,1-6H3,(H,36,37). The first-order valence-electron chi connectivity index (χ1n) is 13.0. The molecule has 42 heavy (non-hydrogen) atoms.